The lowest BCUT2D eigenvalue weighted by atomic mass is 10.4. The van der Waals surface area contributed by atoms with Gasteiger partial charge in [0, 0.05) is 18.5 Å². The molecule has 0 fully saturated rings. The summed E-state index contributed by atoms with van der Waals surface area (Å²) in [5, 5.41) is 11.9. The van der Waals surface area contributed by atoms with Gasteiger partial charge in [-0.05, 0) is 18.2 Å². The van der Waals surface area contributed by atoms with Gasteiger partial charge in [-0.25, -0.2) is 9.97 Å². The smallest absolute Gasteiger partial charge is 0.213 e. The summed E-state index contributed by atoms with van der Waals surface area (Å²) in [7, 11) is 0. The number of aliphatic hydroxyl groups excluding tert-OH is 1. The first kappa shape index (κ1) is 13.4. The molecule has 0 bridgehead atoms. The molecule has 0 saturated carbocycles. The van der Waals surface area contributed by atoms with Crippen LogP contribution in [0.25, 0.3) is 5.65 Å². The summed E-state index contributed by atoms with van der Waals surface area (Å²) in [4.78, 5) is 8.66. The van der Waals surface area contributed by atoms with E-state index in [4.69, 9.17) is 9.84 Å². The van der Waals surface area contributed by atoms with Crippen molar-refractivity contribution in [1.82, 2.24) is 14.4 Å². The third-order valence-corrected chi connectivity index (χ3v) is 2.97. The lowest BCUT2D eigenvalue weighted by molar-refractivity contribution is 0.196. The molecule has 6 nitrogen and oxygen atoms in total. The van der Waals surface area contributed by atoms with Crippen LogP contribution < -0.4 is 10.1 Å². The van der Waals surface area contributed by atoms with Crippen molar-refractivity contribution in [2.45, 2.75) is 6.54 Å². The second-order valence-electron chi connectivity index (χ2n) is 4.51. The molecule has 108 valence electrons. The number of hydrogen-bond donors (Lipinski definition) is 2. The predicted molar refractivity (Wildman–Crippen MR) is 79.3 cm³/mol. The average molecular weight is 284 g/mol. The number of anilines is 1. The molecule has 3 rings (SSSR count). The number of nitrogens with zero attached hydrogens (tertiary/aromatic N) is 3. The van der Waals surface area contributed by atoms with Crippen molar-refractivity contribution in [2.75, 3.05) is 18.5 Å². The van der Waals surface area contributed by atoms with Gasteiger partial charge >= 0.3 is 0 Å². The highest BCUT2D eigenvalue weighted by molar-refractivity contribution is 5.44. The third kappa shape index (κ3) is 3.29. The van der Waals surface area contributed by atoms with E-state index in [1.165, 1.54) is 0 Å². The van der Waals surface area contributed by atoms with Crippen molar-refractivity contribution in [2.24, 2.45) is 0 Å². The van der Waals surface area contributed by atoms with E-state index in [2.05, 4.69) is 15.3 Å². The summed E-state index contributed by atoms with van der Waals surface area (Å²) < 4.78 is 7.20. The fraction of sp³-hybridized carbons (Fsp3) is 0.200. The average Bonchev–Trinajstić information content (AvgIpc) is 2.95. The van der Waals surface area contributed by atoms with Crippen LogP contribution in [-0.2, 0) is 6.54 Å². The number of imidazole rings is 1. The van der Waals surface area contributed by atoms with Crippen LogP contribution in [0.2, 0.25) is 0 Å². The summed E-state index contributed by atoms with van der Waals surface area (Å²) in [6, 6.07) is 9.56. The molecule has 0 aromatic carbocycles. The van der Waals surface area contributed by atoms with Gasteiger partial charge in [0.15, 0.2) is 0 Å². The van der Waals surface area contributed by atoms with Crippen molar-refractivity contribution >= 4 is 11.3 Å². The summed E-state index contributed by atoms with van der Waals surface area (Å²) in [5.74, 6) is 0.502. The minimum atomic E-state index is -0.0183. The summed E-state index contributed by atoms with van der Waals surface area (Å²) in [6.45, 7) is 0.858. The molecular weight excluding hydrogens is 268 g/mol. The SMILES string of the molecule is OCCOc1ccc(NCc2cn3ccccc3n2)cn1. The molecule has 21 heavy (non-hydrogen) atoms. The molecule has 3 aromatic heterocycles. The summed E-state index contributed by atoms with van der Waals surface area (Å²) >= 11 is 0. The maximum Gasteiger partial charge on any atom is 0.213 e. The quantitative estimate of drug-likeness (QED) is 0.721. The van der Waals surface area contributed by atoms with E-state index in [9.17, 15) is 0 Å². The first-order valence-corrected chi connectivity index (χ1v) is 6.71. The van der Waals surface area contributed by atoms with Crippen molar-refractivity contribution in [1.29, 1.82) is 0 Å². The number of ether oxygens (including phenoxy) is 1. The minimum Gasteiger partial charge on any atom is -0.475 e. The van der Waals surface area contributed by atoms with Gasteiger partial charge in [0.05, 0.1) is 30.7 Å². The van der Waals surface area contributed by atoms with Crippen LogP contribution in [0.1, 0.15) is 5.69 Å². The van der Waals surface area contributed by atoms with E-state index in [-0.39, 0.29) is 13.2 Å². The number of hydrogen-bond acceptors (Lipinski definition) is 5. The molecule has 3 aromatic rings. The van der Waals surface area contributed by atoms with Gasteiger partial charge in [0.1, 0.15) is 12.3 Å². The second-order valence-corrected chi connectivity index (χ2v) is 4.51. The maximum absolute atomic E-state index is 8.68. The molecule has 0 aliphatic rings. The largest absolute Gasteiger partial charge is 0.475 e. The van der Waals surface area contributed by atoms with E-state index >= 15 is 0 Å². The van der Waals surface area contributed by atoms with Gasteiger partial charge in [0.2, 0.25) is 5.88 Å². The minimum absolute atomic E-state index is 0.0183. The molecule has 0 amide bonds. The molecule has 0 radical (unpaired) electrons. The van der Waals surface area contributed by atoms with Crippen molar-refractivity contribution in [3.8, 4) is 5.88 Å². The van der Waals surface area contributed by atoms with Gasteiger partial charge in [-0.15, -0.1) is 0 Å². The summed E-state index contributed by atoms with van der Waals surface area (Å²) in [5.41, 5.74) is 2.78. The Morgan fingerprint density at radius 2 is 2.19 bits per heavy atom. The van der Waals surface area contributed by atoms with Crippen LogP contribution in [0.3, 0.4) is 0 Å². The highest BCUT2D eigenvalue weighted by Gasteiger charge is 2.01. The first-order valence-electron chi connectivity index (χ1n) is 6.71. The van der Waals surface area contributed by atoms with Gasteiger partial charge < -0.3 is 19.6 Å². The van der Waals surface area contributed by atoms with Crippen molar-refractivity contribution in [3.63, 3.8) is 0 Å². The van der Waals surface area contributed by atoms with Gasteiger partial charge in [0.25, 0.3) is 0 Å². The fourth-order valence-electron chi connectivity index (χ4n) is 1.99. The van der Waals surface area contributed by atoms with Crippen LogP contribution in [0.5, 0.6) is 5.88 Å². The molecule has 0 aliphatic carbocycles. The van der Waals surface area contributed by atoms with Gasteiger partial charge in [-0.2, -0.15) is 0 Å². The Hall–Kier alpha value is -2.60. The molecule has 3 heterocycles. The highest BCUT2D eigenvalue weighted by Crippen LogP contribution is 2.13. The number of nitrogens with one attached hydrogen (secondary N) is 1. The number of aromatic nitrogens is 3. The Kier molecular flexibility index (Phi) is 3.97. The lowest BCUT2D eigenvalue weighted by Gasteiger charge is -2.06. The fourth-order valence-corrected chi connectivity index (χ4v) is 1.99. The van der Waals surface area contributed by atoms with E-state index < -0.39 is 0 Å². The second kappa shape index (κ2) is 6.23. The monoisotopic (exact) mass is 284 g/mol. The Bertz CT molecular complexity index is 676. The van der Waals surface area contributed by atoms with Crippen LogP contribution in [0.15, 0.2) is 48.9 Å². The molecule has 0 unspecified atom stereocenters. The molecule has 0 aliphatic heterocycles. The zero-order valence-corrected chi connectivity index (χ0v) is 11.4. The Morgan fingerprint density at radius 1 is 1.24 bits per heavy atom. The highest BCUT2D eigenvalue weighted by atomic mass is 16.5. The Labute approximate surface area is 122 Å². The van der Waals surface area contributed by atoms with Crippen LogP contribution in [0.4, 0.5) is 5.69 Å². The molecule has 0 saturated heterocycles. The zero-order chi connectivity index (χ0) is 14.5. The molecule has 0 atom stereocenters. The molecule has 6 heteroatoms. The number of aliphatic hydroxyl groups is 1. The standard InChI is InChI=1S/C15H16N4O2/c20-7-8-21-15-5-4-12(9-17-15)16-10-13-11-19-6-2-1-3-14(19)18-13/h1-6,9,11,16,20H,7-8,10H2. The van der Waals surface area contributed by atoms with E-state index in [0.29, 0.717) is 12.4 Å². The first-order chi connectivity index (χ1) is 10.3. The number of pyridine rings is 2. The topological polar surface area (TPSA) is 71.7 Å². The van der Waals surface area contributed by atoms with E-state index in [0.717, 1.165) is 17.0 Å². The van der Waals surface area contributed by atoms with Crippen LogP contribution in [0, 0.1) is 0 Å². The number of rotatable bonds is 6. The predicted octanol–water partition coefficient (Wildman–Crippen LogP) is 1.71. The van der Waals surface area contributed by atoms with Crippen molar-refractivity contribution < 1.29 is 9.84 Å². The van der Waals surface area contributed by atoms with Crippen LogP contribution >= 0.6 is 0 Å². The van der Waals surface area contributed by atoms with Gasteiger partial charge in [-0.1, -0.05) is 6.07 Å². The van der Waals surface area contributed by atoms with Gasteiger partial charge in [-0.3, -0.25) is 0 Å². The van der Waals surface area contributed by atoms with Crippen LogP contribution in [-0.4, -0.2) is 32.7 Å². The third-order valence-electron chi connectivity index (χ3n) is 2.97. The Balaban J connectivity index is 1.61. The van der Waals surface area contributed by atoms with Crippen molar-refractivity contribution in [3.05, 3.63) is 54.6 Å². The normalized spacial score (nSPS) is 10.7. The van der Waals surface area contributed by atoms with E-state index in [1.807, 2.05) is 41.1 Å². The number of fused-ring (bicyclic) bond motifs is 1. The molecule has 0 spiro atoms. The molecule has 2 N–H and O–H groups in total. The Morgan fingerprint density at radius 3 is 2.95 bits per heavy atom. The lowest BCUT2D eigenvalue weighted by Crippen LogP contribution is -2.04. The maximum atomic E-state index is 8.68. The summed E-state index contributed by atoms with van der Waals surface area (Å²) in [6.07, 6.45) is 5.66. The zero-order valence-electron chi connectivity index (χ0n) is 11.4. The van der Waals surface area contributed by atoms with E-state index in [1.54, 1.807) is 12.3 Å². The molecular formula is C15H16N4O2.